The van der Waals surface area contributed by atoms with Gasteiger partial charge in [-0.05, 0) is 53.2 Å². The van der Waals surface area contributed by atoms with Gasteiger partial charge in [0.25, 0.3) is 5.91 Å². The van der Waals surface area contributed by atoms with E-state index in [0.29, 0.717) is 22.5 Å². The molecule has 37 heavy (non-hydrogen) atoms. The van der Waals surface area contributed by atoms with Crippen LogP contribution in [0.2, 0.25) is 0 Å². The number of nitrogens with zero attached hydrogens (tertiary/aromatic N) is 4. The summed E-state index contributed by atoms with van der Waals surface area (Å²) in [5.74, 6) is -1.63. The molecular formula is C23H16F6N4O3S. The molecule has 0 saturated heterocycles. The molecule has 0 fully saturated rings. The number of hydrogen-bond acceptors (Lipinski definition) is 5. The van der Waals surface area contributed by atoms with Crippen LogP contribution in [0.1, 0.15) is 22.3 Å². The number of aliphatic carboxylic acids is 1. The largest absolute Gasteiger partial charge is 0.480 e. The van der Waals surface area contributed by atoms with E-state index in [9.17, 15) is 35.9 Å². The third-order valence-electron chi connectivity index (χ3n) is 5.33. The molecule has 7 nitrogen and oxygen atoms in total. The van der Waals surface area contributed by atoms with E-state index in [1.54, 1.807) is 18.2 Å². The second-order valence-electron chi connectivity index (χ2n) is 8.05. The Balaban J connectivity index is 1.59. The Morgan fingerprint density at radius 1 is 1.11 bits per heavy atom. The van der Waals surface area contributed by atoms with E-state index >= 15 is 0 Å². The summed E-state index contributed by atoms with van der Waals surface area (Å²) in [6, 6.07) is 6.27. The van der Waals surface area contributed by atoms with E-state index < -0.39 is 41.9 Å². The maximum absolute atomic E-state index is 13.5. The molecule has 0 saturated carbocycles. The molecule has 2 aromatic carbocycles. The molecule has 14 heteroatoms. The summed E-state index contributed by atoms with van der Waals surface area (Å²) in [5.41, 5.74) is -2.18. The van der Waals surface area contributed by atoms with Crippen molar-refractivity contribution in [2.45, 2.75) is 18.9 Å². The smallest absolute Gasteiger partial charge is 0.416 e. The summed E-state index contributed by atoms with van der Waals surface area (Å²) in [7, 11) is 1.48. The fraction of sp³-hybridized carbons (Fsp3) is 0.217. The minimum Gasteiger partial charge on any atom is -0.480 e. The first kappa shape index (κ1) is 26.3. The van der Waals surface area contributed by atoms with Crippen molar-refractivity contribution in [2.24, 2.45) is 4.99 Å². The molecule has 0 unspecified atom stereocenters. The molecule has 194 valence electrons. The maximum Gasteiger partial charge on any atom is 0.416 e. The molecule has 1 amide bonds. The number of halogens is 6. The topological polar surface area (TPSA) is 87.8 Å². The first-order valence-corrected chi connectivity index (χ1v) is 11.2. The highest BCUT2D eigenvalue weighted by atomic mass is 32.2. The third-order valence-corrected chi connectivity index (χ3v) is 6.43. The number of hydrogen-bond donors (Lipinski definition) is 1. The Morgan fingerprint density at radius 3 is 2.49 bits per heavy atom. The number of carbonyl (C=O) groups is 2. The molecule has 0 aliphatic carbocycles. The Morgan fingerprint density at radius 2 is 1.84 bits per heavy atom. The average Bonchev–Trinajstić information content (AvgIpc) is 3.35. The van der Waals surface area contributed by atoms with Crippen LogP contribution in [-0.4, -0.2) is 50.4 Å². The van der Waals surface area contributed by atoms with E-state index in [4.69, 9.17) is 5.11 Å². The van der Waals surface area contributed by atoms with Crippen LogP contribution in [0, 0.1) is 0 Å². The fourth-order valence-electron chi connectivity index (χ4n) is 3.62. The zero-order chi connectivity index (χ0) is 27.1. The monoisotopic (exact) mass is 542 g/mol. The van der Waals surface area contributed by atoms with Crippen LogP contribution >= 0.6 is 11.8 Å². The quantitative estimate of drug-likeness (QED) is 0.356. The lowest BCUT2D eigenvalue weighted by molar-refractivity contribution is -0.143. The number of amidine groups is 1. The second kappa shape index (κ2) is 9.57. The summed E-state index contributed by atoms with van der Waals surface area (Å²) in [6.45, 7) is -0.759. The van der Waals surface area contributed by atoms with Gasteiger partial charge >= 0.3 is 18.3 Å². The van der Waals surface area contributed by atoms with Crippen molar-refractivity contribution in [2.75, 3.05) is 13.6 Å². The van der Waals surface area contributed by atoms with Gasteiger partial charge in [-0.25, -0.2) is 0 Å². The number of carboxylic acids is 1. The number of likely N-dealkylation sites (N-methyl/N-ethyl adjacent to an activating group) is 1. The van der Waals surface area contributed by atoms with Gasteiger partial charge in [0.1, 0.15) is 6.54 Å². The van der Waals surface area contributed by atoms with Crippen LogP contribution in [0.25, 0.3) is 17.0 Å². The molecule has 1 N–H and O–H groups in total. The van der Waals surface area contributed by atoms with Crippen molar-refractivity contribution in [3.05, 3.63) is 69.8 Å². The number of rotatable bonds is 5. The standard InChI is InChI=1S/C23H16F6N4O3S/c1-32(11-19(34)35)21-31-20(36)18(37-21)7-12-2-5-17-14(6-12)9-30-33(17)10-13-3-4-15(22(24,25)26)8-16(13)23(27,28)29/h2-9H,10-11H2,1H3,(H,34,35)/b18-7-. The van der Waals surface area contributed by atoms with Crippen LogP contribution in [0.5, 0.6) is 0 Å². The lowest BCUT2D eigenvalue weighted by atomic mass is 10.0. The van der Waals surface area contributed by atoms with Gasteiger partial charge in [0.2, 0.25) is 0 Å². The molecular weight excluding hydrogens is 526 g/mol. The number of aromatic nitrogens is 2. The number of aliphatic imine (C=N–C) groups is 1. The molecule has 1 aliphatic heterocycles. The lowest BCUT2D eigenvalue weighted by Crippen LogP contribution is -2.29. The summed E-state index contributed by atoms with van der Waals surface area (Å²) >= 11 is 0.999. The SMILES string of the molecule is CN(CC(=O)O)C1=NC(=O)/C(=C/c2ccc3c(cnn3Cc3ccc(C(F)(F)F)cc3C(F)(F)F)c2)S1. The number of alkyl halides is 6. The van der Waals surface area contributed by atoms with Gasteiger partial charge in [-0.15, -0.1) is 0 Å². The predicted molar refractivity (Wildman–Crippen MR) is 124 cm³/mol. The Hall–Kier alpha value is -3.81. The van der Waals surface area contributed by atoms with Crippen LogP contribution in [0.15, 0.2) is 52.5 Å². The number of amides is 1. The molecule has 3 aromatic rings. The third kappa shape index (κ3) is 5.79. The maximum atomic E-state index is 13.5. The molecule has 4 rings (SSSR count). The van der Waals surface area contributed by atoms with Crippen molar-refractivity contribution >= 4 is 45.8 Å². The zero-order valence-electron chi connectivity index (χ0n) is 18.8. The van der Waals surface area contributed by atoms with Gasteiger partial charge in [0, 0.05) is 12.4 Å². The molecule has 0 spiro atoms. The van der Waals surface area contributed by atoms with Gasteiger partial charge in [0.05, 0.1) is 34.3 Å². The summed E-state index contributed by atoms with van der Waals surface area (Å²) in [4.78, 5) is 28.5. The predicted octanol–water partition coefficient (Wildman–Crippen LogP) is 5.11. The van der Waals surface area contributed by atoms with Gasteiger partial charge in [-0.2, -0.15) is 36.4 Å². The van der Waals surface area contributed by atoms with Gasteiger partial charge in [-0.1, -0.05) is 12.1 Å². The lowest BCUT2D eigenvalue weighted by Gasteiger charge is -2.16. The summed E-state index contributed by atoms with van der Waals surface area (Å²) in [5, 5.41) is 13.7. The molecule has 0 radical (unpaired) electrons. The van der Waals surface area contributed by atoms with Crippen molar-refractivity contribution in [3.8, 4) is 0 Å². The van der Waals surface area contributed by atoms with E-state index in [0.717, 1.165) is 17.8 Å². The second-order valence-corrected chi connectivity index (χ2v) is 9.06. The van der Waals surface area contributed by atoms with Crippen LogP contribution in [0.4, 0.5) is 26.3 Å². The Labute approximate surface area is 209 Å². The molecule has 1 aromatic heterocycles. The van der Waals surface area contributed by atoms with E-state index in [1.165, 1.54) is 28.9 Å². The minimum atomic E-state index is -5.00. The Kier molecular flexibility index (Phi) is 6.79. The van der Waals surface area contributed by atoms with Crippen molar-refractivity contribution in [1.29, 1.82) is 0 Å². The van der Waals surface area contributed by atoms with Gasteiger partial charge in [0.15, 0.2) is 5.17 Å². The number of carboxylic acid groups (broad SMARTS) is 1. The van der Waals surface area contributed by atoms with Crippen molar-refractivity contribution < 1.29 is 41.0 Å². The van der Waals surface area contributed by atoms with Crippen molar-refractivity contribution in [1.82, 2.24) is 14.7 Å². The normalized spacial score (nSPS) is 15.5. The van der Waals surface area contributed by atoms with E-state index in [2.05, 4.69) is 10.1 Å². The molecule has 1 aliphatic rings. The highest BCUT2D eigenvalue weighted by Gasteiger charge is 2.38. The van der Waals surface area contributed by atoms with Crippen molar-refractivity contribution in [3.63, 3.8) is 0 Å². The van der Waals surface area contributed by atoms with Crippen LogP contribution in [0.3, 0.4) is 0 Å². The first-order chi connectivity index (χ1) is 17.2. The first-order valence-electron chi connectivity index (χ1n) is 10.4. The summed E-state index contributed by atoms with van der Waals surface area (Å²) < 4.78 is 80.6. The van der Waals surface area contributed by atoms with E-state index in [1.807, 2.05) is 0 Å². The van der Waals surface area contributed by atoms with Gasteiger partial charge in [-0.3, -0.25) is 14.3 Å². The van der Waals surface area contributed by atoms with Crippen LogP contribution in [-0.2, 0) is 28.5 Å². The Bertz CT molecular complexity index is 1460. The van der Waals surface area contributed by atoms with Crippen LogP contribution < -0.4 is 0 Å². The van der Waals surface area contributed by atoms with Gasteiger partial charge < -0.3 is 10.0 Å². The minimum absolute atomic E-state index is 0.0891. The molecule has 0 atom stereocenters. The average molecular weight is 542 g/mol. The highest BCUT2D eigenvalue weighted by Crippen LogP contribution is 2.38. The number of fused-ring (bicyclic) bond motifs is 1. The number of thioether (sulfide) groups is 1. The molecule has 2 heterocycles. The number of carbonyl (C=O) groups excluding carboxylic acids is 1. The highest BCUT2D eigenvalue weighted by molar-refractivity contribution is 8.18. The fourth-order valence-corrected chi connectivity index (χ4v) is 4.49. The summed E-state index contributed by atoms with van der Waals surface area (Å²) in [6.07, 6.45) is -6.99. The zero-order valence-corrected chi connectivity index (χ0v) is 19.6. The van der Waals surface area contributed by atoms with E-state index in [-0.39, 0.29) is 28.2 Å². The number of benzene rings is 2. The molecule has 0 bridgehead atoms.